The number of ether oxygens (including phenoxy) is 1. The van der Waals surface area contributed by atoms with E-state index in [-0.39, 0.29) is 17.8 Å². The van der Waals surface area contributed by atoms with Crippen molar-refractivity contribution in [2.75, 3.05) is 18.0 Å². The molecule has 9 heteroatoms. The van der Waals surface area contributed by atoms with Crippen LogP contribution in [0, 0.1) is 11.6 Å². The highest BCUT2D eigenvalue weighted by Crippen LogP contribution is 2.45. The molecule has 0 bridgehead atoms. The van der Waals surface area contributed by atoms with Crippen molar-refractivity contribution in [2.24, 2.45) is 0 Å². The number of aromatic nitrogens is 2. The highest BCUT2D eigenvalue weighted by atomic mass is 19.1. The summed E-state index contributed by atoms with van der Waals surface area (Å²) in [5, 5.41) is 17.4. The molecule has 7 nitrogen and oxygen atoms in total. The molecule has 1 saturated heterocycles. The Morgan fingerprint density at radius 2 is 2.06 bits per heavy atom. The molecule has 1 fully saturated rings. The fraction of sp³-hybridized carbons (Fsp3) is 0.304. The maximum absolute atomic E-state index is 14.4. The van der Waals surface area contributed by atoms with Crippen LogP contribution in [-0.4, -0.2) is 40.1 Å². The normalized spacial score (nSPS) is 18.2. The Morgan fingerprint density at radius 1 is 1.25 bits per heavy atom. The average molecular weight is 440 g/mol. The van der Waals surface area contributed by atoms with E-state index in [1.165, 1.54) is 11.0 Å². The lowest BCUT2D eigenvalue weighted by Gasteiger charge is -2.34. The first-order valence-corrected chi connectivity index (χ1v) is 10.5. The van der Waals surface area contributed by atoms with Gasteiger partial charge in [-0.3, -0.25) is 9.58 Å². The molecule has 3 aromatic rings. The Hall–Kier alpha value is -3.46. The van der Waals surface area contributed by atoms with Gasteiger partial charge in [0, 0.05) is 48.1 Å². The van der Waals surface area contributed by atoms with Gasteiger partial charge in [0.2, 0.25) is 0 Å². The van der Waals surface area contributed by atoms with Crippen molar-refractivity contribution in [3.63, 3.8) is 0 Å². The van der Waals surface area contributed by atoms with E-state index in [1.807, 2.05) is 17.8 Å². The van der Waals surface area contributed by atoms with Gasteiger partial charge in [-0.2, -0.15) is 5.10 Å². The lowest BCUT2D eigenvalue weighted by atomic mass is 9.92. The fourth-order valence-corrected chi connectivity index (χ4v) is 4.25. The second-order valence-corrected chi connectivity index (χ2v) is 8.18. The van der Waals surface area contributed by atoms with Crippen molar-refractivity contribution in [3.05, 3.63) is 59.9 Å². The highest BCUT2D eigenvalue weighted by molar-refractivity contribution is 5.91. The minimum Gasteiger partial charge on any atom is -0.465 e. The third kappa shape index (κ3) is 3.48. The van der Waals surface area contributed by atoms with Gasteiger partial charge in [0.05, 0.1) is 17.9 Å². The largest absolute Gasteiger partial charge is 0.465 e. The molecule has 0 aliphatic carbocycles. The van der Waals surface area contributed by atoms with Crippen molar-refractivity contribution in [1.29, 1.82) is 0 Å². The number of benzene rings is 2. The zero-order valence-electron chi connectivity index (χ0n) is 17.4. The van der Waals surface area contributed by atoms with Crippen LogP contribution in [0.1, 0.15) is 24.9 Å². The maximum Gasteiger partial charge on any atom is 0.412 e. The minimum absolute atomic E-state index is 0.128. The smallest absolute Gasteiger partial charge is 0.412 e. The number of nitrogens with one attached hydrogen (secondary N) is 1. The average Bonchev–Trinajstić information content (AvgIpc) is 3.17. The Kier molecular flexibility index (Phi) is 5.05. The van der Waals surface area contributed by atoms with Gasteiger partial charge in [0.1, 0.15) is 11.6 Å². The molecule has 1 aromatic heterocycles. The fourth-order valence-electron chi connectivity index (χ4n) is 4.25. The van der Waals surface area contributed by atoms with Crippen LogP contribution in [-0.2, 0) is 6.42 Å². The predicted octanol–water partition coefficient (Wildman–Crippen LogP) is 4.58. The van der Waals surface area contributed by atoms with Crippen LogP contribution in [0.5, 0.6) is 11.5 Å². The number of hydrogen-bond donors (Lipinski definition) is 2. The van der Waals surface area contributed by atoms with Gasteiger partial charge >= 0.3 is 6.09 Å². The molecule has 5 rings (SSSR count). The van der Waals surface area contributed by atoms with E-state index in [4.69, 9.17) is 4.74 Å². The molecule has 0 spiro atoms. The topological polar surface area (TPSA) is 79.6 Å². The molecule has 32 heavy (non-hydrogen) atoms. The summed E-state index contributed by atoms with van der Waals surface area (Å²) in [7, 11) is 0. The van der Waals surface area contributed by atoms with Gasteiger partial charge in [0.25, 0.3) is 0 Å². The van der Waals surface area contributed by atoms with Gasteiger partial charge in [-0.25, -0.2) is 13.6 Å². The molecule has 0 unspecified atom stereocenters. The first kappa shape index (κ1) is 20.4. The quantitative estimate of drug-likeness (QED) is 0.621. The van der Waals surface area contributed by atoms with Gasteiger partial charge in [0.15, 0.2) is 11.6 Å². The van der Waals surface area contributed by atoms with Crippen LogP contribution in [0.15, 0.2) is 42.7 Å². The Balaban J connectivity index is 1.64. The molecular formula is C23H22F2N4O3. The molecule has 2 N–H and O–H groups in total. The summed E-state index contributed by atoms with van der Waals surface area (Å²) < 4.78 is 35.7. The van der Waals surface area contributed by atoms with Crippen LogP contribution < -0.4 is 15.0 Å². The molecular weight excluding hydrogens is 418 g/mol. The Labute approximate surface area is 183 Å². The van der Waals surface area contributed by atoms with Crippen LogP contribution in [0.3, 0.4) is 0 Å². The van der Waals surface area contributed by atoms with Gasteiger partial charge in [-0.05, 0) is 44.0 Å². The van der Waals surface area contributed by atoms with Crippen molar-refractivity contribution in [2.45, 2.75) is 31.8 Å². The molecule has 3 heterocycles. The lowest BCUT2D eigenvalue weighted by Crippen LogP contribution is -2.43. The summed E-state index contributed by atoms with van der Waals surface area (Å²) in [6.45, 7) is 3.52. The lowest BCUT2D eigenvalue weighted by molar-refractivity contribution is 0.198. The number of nitrogens with zero attached hydrogens (tertiary/aromatic N) is 3. The van der Waals surface area contributed by atoms with Crippen molar-refractivity contribution in [1.82, 2.24) is 15.1 Å². The Morgan fingerprint density at radius 3 is 2.75 bits per heavy atom. The van der Waals surface area contributed by atoms with Gasteiger partial charge in [-0.15, -0.1) is 0 Å². The third-order valence-electron chi connectivity index (χ3n) is 6.11. The monoisotopic (exact) mass is 440 g/mol. The van der Waals surface area contributed by atoms with Crippen LogP contribution in [0.2, 0.25) is 0 Å². The van der Waals surface area contributed by atoms with Crippen LogP contribution in [0.25, 0.3) is 11.1 Å². The number of rotatable bonds is 4. The number of halogens is 2. The number of fused-ring (bicyclic) bond motifs is 1. The SMILES string of the molecule is C[C@H]1CCc2c(ccc(-c3cnn(C4CNC4)c3)c2Oc2ccc(F)cc2F)N1C(=O)O. The maximum atomic E-state index is 14.4. The summed E-state index contributed by atoms with van der Waals surface area (Å²) >= 11 is 0. The first-order chi connectivity index (χ1) is 15.4. The van der Waals surface area contributed by atoms with Crippen molar-refractivity contribution >= 4 is 11.8 Å². The molecule has 0 saturated carbocycles. The standard InChI is InChI=1S/C23H22F2N4O3/c1-13-2-4-18-20(29(13)23(30)31)6-5-17(14-9-27-28(12-14)16-10-26-11-16)22(18)32-21-7-3-15(24)8-19(21)25/h3,5-9,12-13,16,26H,2,4,10-11H2,1H3,(H,30,31)/t13-/m0/s1. The summed E-state index contributed by atoms with van der Waals surface area (Å²) in [6.07, 6.45) is 3.72. The van der Waals surface area contributed by atoms with Crippen molar-refractivity contribution < 1.29 is 23.4 Å². The number of carboxylic acid groups (broad SMARTS) is 1. The summed E-state index contributed by atoms with van der Waals surface area (Å²) in [6, 6.07) is 6.71. The second kappa shape index (κ2) is 7.90. The van der Waals surface area contributed by atoms with E-state index < -0.39 is 17.7 Å². The zero-order chi connectivity index (χ0) is 22.4. The van der Waals surface area contributed by atoms with E-state index in [0.29, 0.717) is 35.4 Å². The first-order valence-electron chi connectivity index (χ1n) is 10.5. The molecule has 166 valence electrons. The minimum atomic E-state index is -1.06. The Bertz CT molecular complexity index is 1190. The molecule has 1 amide bonds. The number of carbonyl (C=O) groups is 1. The number of anilines is 1. The molecule has 2 aromatic carbocycles. The molecule has 2 aliphatic heterocycles. The van der Waals surface area contributed by atoms with E-state index in [2.05, 4.69) is 10.4 Å². The number of hydrogen-bond acceptors (Lipinski definition) is 4. The molecule has 1 atom stereocenters. The molecule has 0 radical (unpaired) electrons. The summed E-state index contributed by atoms with van der Waals surface area (Å²) in [5.74, 6) is -1.30. The van der Waals surface area contributed by atoms with Crippen molar-refractivity contribution in [3.8, 4) is 22.6 Å². The van der Waals surface area contributed by atoms with E-state index in [1.54, 1.807) is 18.3 Å². The van der Waals surface area contributed by atoms with Crippen LogP contribution in [0.4, 0.5) is 19.3 Å². The van der Waals surface area contributed by atoms with E-state index in [9.17, 15) is 18.7 Å². The van der Waals surface area contributed by atoms with E-state index in [0.717, 1.165) is 30.8 Å². The summed E-state index contributed by atoms with van der Waals surface area (Å²) in [4.78, 5) is 13.2. The predicted molar refractivity (Wildman–Crippen MR) is 114 cm³/mol. The van der Waals surface area contributed by atoms with E-state index >= 15 is 0 Å². The summed E-state index contributed by atoms with van der Waals surface area (Å²) in [5.41, 5.74) is 2.63. The van der Waals surface area contributed by atoms with Crippen LogP contribution >= 0.6 is 0 Å². The van der Waals surface area contributed by atoms with Gasteiger partial charge < -0.3 is 15.2 Å². The molecule has 2 aliphatic rings. The number of amides is 1. The second-order valence-electron chi connectivity index (χ2n) is 8.18. The highest BCUT2D eigenvalue weighted by Gasteiger charge is 2.32. The van der Waals surface area contributed by atoms with Gasteiger partial charge in [-0.1, -0.05) is 0 Å². The zero-order valence-corrected chi connectivity index (χ0v) is 17.4. The third-order valence-corrected chi connectivity index (χ3v) is 6.11.